The highest BCUT2D eigenvalue weighted by Crippen LogP contribution is 2.28. The van der Waals surface area contributed by atoms with Crippen LogP contribution in [0.4, 0.5) is 4.79 Å². The first-order chi connectivity index (χ1) is 8.04. The lowest BCUT2D eigenvalue weighted by Crippen LogP contribution is -2.29. The highest BCUT2D eigenvalue weighted by atomic mass is 16.2. The summed E-state index contributed by atoms with van der Waals surface area (Å²) in [7, 11) is 0. The van der Waals surface area contributed by atoms with Gasteiger partial charge in [0.1, 0.15) is 11.9 Å². The van der Waals surface area contributed by atoms with Crippen molar-refractivity contribution in [2.24, 2.45) is 0 Å². The fourth-order valence-corrected chi connectivity index (χ4v) is 2.23. The minimum Gasteiger partial charge on any atom is -0.310 e. The lowest BCUT2D eigenvalue weighted by atomic mass is 9.98. The van der Waals surface area contributed by atoms with Crippen molar-refractivity contribution in [1.82, 2.24) is 10.2 Å². The fourth-order valence-electron chi connectivity index (χ4n) is 2.23. The number of nitrogens with zero attached hydrogens (tertiary/aromatic N) is 1. The lowest BCUT2D eigenvalue weighted by molar-refractivity contribution is 0.209. The van der Waals surface area contributed by atoms with Crippen molar-refractivity contribution in [3.8, 4) is 0 Å². The predicted molar refractivity (Wildman–Crippen MR) is 67.3 cm³/mol. The van der Waals surface area contributed by atoms with Crippen LogP contribution < -0.4 is 5.32 Å². The van der Waals surface area contributed by atoms with Gasteiger partial charge in [0, 0.05) is 6.54 Å². The Balaban J connectivity index is 2.47. The predicted octanol–water partition coefficient (Wildman–Crippen LogP) is 2.37. The van der Waals surface area contributed by atoms with E-state index >= 15 is 0 Å². The number of amides is 2. The first-order valence-electron chi connectivity index (χ1n) is 5.77. The molecule has 4 nitrogen and oxygen atoms in total. The second kappa shape index (κ2) is 4.20. The van der Waals surface area contributed by atoms with Crippen LogP contribution >= 0.6 is 0 Å². The first kappa shape index (κ1) is 11.6. The van der Waals surface area contributed by atoms with Gasteiger partial charge in [-0.2, -0.15) is 0 Å². The number of rotatable bonds is 2. The van der Waals surface area contributed by atoms with E-state index in [9.17, 15) is 4.79 Å². The largest absolute Gasteiger partial charge is 0.323 e. The molecular formula is C13H17N3O. The van der Waals surface area contributed by atoms with Crippen LogP contribution in [0.5, 0.6) is 0 Å². The van der Waals surface area contributed by atoms with Crippen LogP contribution in [0.3, 0.4) is 0 Å². The standard InChI is InChI=1S/C13H17N3O/c1-4-16-11(12(14)15-13(16)17)10-7-8(2)5-6-9(10)3/h5-7,11H,4H2,1-3H3,(H2,14,15,17). The third-order valence-corrected chi connectivity index (χ3v) is 3.16. The third-order valence-electron chi connectivity index (χ3n) is 3.16. The maximum absolute atomic E-state index is 11.7. The molecule has 1 aliphatic rings. The van der Waals surface area contributed by atoms with E-state index in [-0.39, 0.29) is 17.9 Å². The molecule has 0 radical (unpaired) electrons. The maximum atomic E-state index is 11.7. The molecule has 1 saturated heterocycles. The number of amidine groups is 1. The maximum Gasteiger partial charge on any atom is 0.323 e. The van der Waals surface area contributed by atoms with E-state index in [1.54, 1.807) is 4.90 Å². The average Bonchev–Trinajstić information content (AvgIpc) is 2.56. The zero-order valence-electron chi connectivity index (χ0n) is 10.4. The summed E-state index contributed by atoms with van der Waals surface area (Å²) in [6.45, 7) is 6.56. The van der Waals surface area contributed by atoms with E-state index in [1.165, 1.54) is 0 Å². The Hall–Kier alpha value is -1.84. The van der Waals surface area contributed by atoms with Crippen LogP contribution in [-0.4, -0.2) is 23.3 Å². The number of aryl methyl sites for hydroxylation is 2. The summed E-state index contributed by atoms with van der Waals surface area (Å²) in [4.78, 5) is 13.4. The van der Waals surface area contributed by atoms with Crippen LogP contribution in [0.25, 0.3) is 0 Å². The second-order valence-corrected chi connectivity index (χ2v) is 4.39. The highest BCUT2D eigenvalue weighted by Gasteiger charge is 2.36. The summed E-state index contributed by atoms with van der Waals surface area (Å²) < 4.78 is 0. The van der Waals surface area contributed by atoms with Crippen LogP contribution in [0.15, 0.2) is 18.2 Å². The zero-order chi connectivity index (χ0) is 12.6. The number of carbonyl (C=O) groups excluding carboxylic acids is 1. The molecule has 0 bridgehead atoms. The monoisotopic (exact) mass is 231 g/mol. The first-order valence-corrected chi connectivity index (χ1v) is 5.77. The van der Waals surface area contributed by atoms with Gasteiger partial charge in [-0.1, -0.05) is 23.8 Å². The number of carbonyl (C=O) groups is 1. The van der Waals surface area contributed by atoms with E-state index in [2.05, 4.69) is 11.4 Å². The number of nitrogens with one attached hydrogen (secondary N) is 2. The molecule has 0 saturated carbocycles. The minimum atomic E-state index is -0.257. The number of hydrogen-bond acceptors (Lipinski definition) is 2. The molecule has 0 aliphatic carbocycles. The molecule has 1 aromatic rings. The van der Waals surface area contributed by atoms with Gasteiger partial charge in [-0.05, 0) is 31.9 Å². The van der Waals surface area contributed by atoms with E-state index in [4.69, 9.17) is 5.41 Å². The quantitative estimate of drug-likeness (QED) is 0.806. The molecule has 17 heavy (non-hydrogen) atoms. The van der Waals surface area contributed by atoms with Gasteiger partial charge in [-0.25, -0.2) is 4.79 Å². The number of likely N-dealkylation sites (N-methyl/N-ethyl adjacent to an activating group) is 1. The van der Waals surface area contributed by atoms with Gasteiger partial charge in [-0.3, -0.25) is 10.7 Å². The Morgan fingerprint density at radius 1 is 1.41 bits per heavy atom. The van der Waals surface area contributed by atoms with Crippen molar-refractivity contribution in [1.29, 1.82) is 5.41 Å². The van der Waals surface area contributed by atoms with Crippen molar-refractivity contribution in [3.05, 3.63) is 34.9 Å². The molecule has 1 atom stereocenters. The summed E-state index contributed by atoms with van der Waals surface area (Å²) >= 11 is 0. The number of benzene rings is 1. The van der Waals surface area contributed by atoms with Gasteiger partial charge in [0.15, 0.2) is 0 Å². The minimum absolute atomic E-state index is 0.177. The van der Waals surface area contributed by atoms with Crippen LogP contribution in [0, 0.1) is 19.3 Å². The summed E-state index contributed by atoms with van der Waals surface area (Å²) in [5, 5.41) is 10.5. The van der Waals surface area contributed by atoms with Gasteiger partial charge in [0.25, 0.3) is 0 Å². The molecular weight excluding hydrogens is 214 g/mol. The van der Waals surface area contributed by atoms with Crippen molar-refractivity contribution >= 4 is 11.9 Å². The molecule has 0 spiro atoms. The molecule has 2 amide bonds. The molecule has 0 aromatic heterocycles. The van der Waals surface area contributed by atoms with Crippen molar-refractivity contribution in [2.75, 3.05) is 6.54 Å². The Bertz CT molecular complexity index is 482. The fraction of sp³-hybridized carbons (Fsp3) is 0.385. The molecule has 4 heteroatoms. The van der Waals surface area contributed by atoms with Crippen molar-refractivity contribution in [2.45, 2.75) is 26.8 Å². The Morgan fingerprint density at radius 3 is 2.76 bits per heavy atom. The SMILES string of the molecule is CCN1C(=O)NC(=N)C1c1cc(C)ccc1C. The summed E-state index contributed by atoms with van der Waals surface area (Å²) in [5.74, 6) is 0.269. The lowest BCUT2D eigenvalue weighted by Gasteiger charge is -2.23. The molecule has 2 rings (SSSR count). The molecule has 90 valence electrons. The van der Waals surface area contributed by atoms with E-state index in [1.807, 2.05) is 32.9 Å². The second-order valence-electron chi connectivity index (χ2n) is 4.39. The van der Waals surface area contributed by atoms with E-state index in [0.717, 1.165) is 16.7 Å². The Labute approximate surface area is 101 Å². The molecule has 1 unspecified atom stereocenters. The van der Waals surface area contributed by atoms with Gasteiger partial charge in [0.2, 0.25) is 0 Å². The van der Waals surface area contributed by atoms with Crippen LogP contribution in [-0.2, 0) is 0 Å². The topological polar surface area (TPSA) is 56.2 Å². The zero-order valence-corrected chi connectivity index (χ0v) is 10.4. The van der Waals surface area contributed by atoms with E-state index in [0.29, 0.717) is 6.54 Å². The molecule has 1 heterocycles. The van der Waals surface area contributed by atoms with Crippen molar-refractivity contribution in [3.63, 3.8) is 0 Å². The molecule has 1 aliphatic heterocycles. The smallest absolute Gasteiger partial charge is 0.310 e. The van der Waals surface area contributed by atoms with E-state index < -0.39 is 0 Å². The highest BCUT2D eigenvalue weighted by molar-refractivity contribution is 6.06. The molecule has 1 aromatic carbocycles. The van der Waals surface area contributed by atoms with Gasteiger partial charge >= 0.3 is 6.03 Å². The summed E-state index contributed by atoms with van der Waals surface area (Å²) in [6.07, 6.45) is 0. The molecule has 1 fully saturated rings. The normalized spacial score (nSPS) is 19.7. The van der Waals surface area contributed by atoms with Gasteiger partial charge in [-0.15, -0.1) is 0 Å². The van der Waals surface area contributed by atoms with Crippen LogP contribution in [0.1, 0.15) is 29.7 Å². The molecule has 2 N–H and O–H groups in total. The van der Waals surface area contributed by atoms with Gasteiger partial charge in [0.05, 0.1) is 0 Å². The van der Waals surface area contributed by atoms with Crippen LogP contribution in [0.2, 0.25) is 0 Å². The third kappa shape index (κ3) is 1.90. The van der Waals surface area contributed by atoms with Crippen molar-refractivity contribution < 1.29 is 4.79 Å². The number of hydrogen-bond donors (Lipinski definition) is 2. The summed E-state index contributed by atoms with van der Waals surface area (Å²) in [6, 6.07) is 5.70. The average molecular weight is 231 g/mol. The Morgan fingerprint density at radius 2 is 2.12 bits per heavy atom. The number of urea groups is 1. The Kier molecular flexibility index (Phi) is 2.88. The van der Waals surface area contributed by atoms with Gasteiger partial charge < -0.3 is 4.90 Å². The summed E-state index contributed by atoms with van der Waals surface area (Å²) in [5.41, 5.74) is 3.30.